The Labute approximate surface area is 338 Å². The number of carbonyl (C=O) groups is 1. The van der Waals surface area contributed by atoms with Crippen molar-refractivity contribution in [3.8, 4) is 0 Å². The van der Waals surface area contributed by atoms with E-state index in [1.54, 1.807) is 0 Å². The van der Waals surface area contributed by atoms with E-state index in [2.05, 4.69) is 50.3 Å². The fourth-order valence-corrected chi connectivity index (χ4v) is 7.41. The molecule has 0 spiro atoms. The van der Waals surface area contributed by atoms with Gasteiger partial charge in [-0.25, -0.2) is 4.57 Å². The summed E-state index contributed by atoms with van der Waals surface area (Å²) in [7, 11) is -5.02. The third-order valence-electron chi connectivity index (χ3n) is 9.99. The van der Waals surface area contributed by atoms with Crippen molar-refractivity contribution in [1.29, 1.82) is 0 Å². The van der Waals surface area contributed by atoms with Gasteiger partial charge in [0.15, 0.2) is 0 Å². The van der Waals surface area contributed by atoms with E-state index in [-0.39, 0.29) is 13.0 Å². The minimum absolute atomic E-state index is 0.0864. The van der Waals surface area contributed by atoms with Gasteiger partial charge in [0.1, 0.15) is 42.7 Å². The van der Waals surface area contributed by atoms with Crippen molar-refractivity contribution in [1.82, 2.24) is 0 Å². The van der Waals surface area contributed by atoms with Crippen LogP contribution in [-0.4, -0.2) is 98.9 Å². The van der Waals surface area contributed by atoms with Crippen molar-refractivity contribution in [2.75, 3.05) is 19.8 Å². The van der Waals surface area contributed by atoms with Crippen LogP contribution in [0.2, 0.25) is 0 Å². The van der Waals surface area contributed by atoms with Crippen LogP contribution in [0.25, 0.3) is 0 Å². The molecule has 0 aliphatic heterocycles. The van der Waals surface area contributed by atoms with Crippen molar-refractivity contribution in [3.63, 3.8) is 0 Å². The smallest absolute Gasteiger partial charge is 0.457 e. The number of phosphoric ester groups is 1. The highest BCUT2D eigenvalue weighted by molar-refractivity contribution is 7.47. The third-order valence-corrected chi connectivity index (χ3v) is 11.0. The maximum atomic E-state index is 12.8. The number of aliphatic hydroxyl groups is 5. The summed E-state index contributed by atoms with van der Waals surface area (Å²) in [5.41, 5.74) is 0. The van der Waals surface area contributed by atoms with Gasteiger partial charge in [0.25, 0.3) is 0 Å². The summed E-state index contributed by atoms with van der Waals surface area (Å²) in [5, 5.41) is 50.1. The number of carbonyl (C=O) groups excluding carboxylic acids is 1. The fourth-order valence-electron chi connectivity index (χ4n) is 6.44. The van der Waals surface area contributed by atoms with Gasteiger partial charge in [-0.3, -0.25) is 13.8 Å². The van der Waals surface area contributed by atoms with Crippen LogP contribution in [0.3, 0.4) is 0 Å². The molecule has 6 unspecified atom stereocenters. The van der Waals surface area contributed by atoms with E-state index in [0.29, 0.717) is 13.0 Å². The summed E-state index contributed by atoms with van der Waals surface area (Å²) in [6.07, 6.45) is 26.4. The zero-order chi connectivity index (χ0) is 41.3. The van der Waals surface area contributed by atoms with Crippen molar-refractivity contribution in [2.45, 2.75) is 211 Å². The number of unbranched alkanes of at least 4 members (excludes halogenated alkanes) is 18. The second-order valence-electron chi connectivity index (χ2n) is 15.2. The first-order chi connectivity index (χ1) is 27.0. The van der Waals surface area contributed by atoms with Crippen molar-refractivity contribution in [2.24, 2.45) is 0 Å². The fraction of sp³-hybridized carbons (Fsp3) is 0.837. The maximum absolute atomic E-state index is 12.8. The van der Waals surface area contributed by atoms with E-state index in [9.17, 15) is 39.8 Å². The molecule has 1 rings (SSSR count). The molecule has 0 radical (unpaired) electrons. The topological polar surface area (TPSA) is 192 Å². The van der Waals surface area contributed by atoms with Gasteiger partial charge >= 0.3 is 13.8 Å². The molecule has 1 aliphatic rings. The Kier molecular flexibility index (Phi) is 32.3. The Hall–Kier alpha value is -1.44. The predicted octanol–water partition coefficient (Wildman–Crippen LogP) is 8.31. The molecule has 0 aromatic carbocycles. The molecule has 56 heavy (non-hydrogen) atoms. The molecule has 328 valence electrons. The van der Waals surface area contributed by atoms with Crippen LogP contribution in [0.1, 0.15) is 168 Å². The van der Waals surface area contributed by atoms with Gasteiger partial charge in [-0.05, 0) is 70.6 Å². The normalized spacial score (nSPS) is 23.4. The zero-order valence-corrected chi connectivity index (χ0v) is 35.6. The average Bonchev–Trinajstić information content (AvgIpc) is 3.18. The summed E-state index contributed by atoms with van der Waals surface area (Å²) in [5.74, 6) is -0.494. The highest BCUT2D eigenvalue weighted by atomic mass is 31.2. The predicted molar refractivity (Wildman–Crippen MR) is 221 cm³/mol. The molecular formula is C43H79O12P. The largest absolute Gasteiger partial charge is 0.472 e. The van der Waals surface area contributed by atoms with E-state index in [0.717, 1.165) is 77.0 Å². The summed E-state index contributed by atoms with van der Waals surface area (Å²) < 4.78 is 34.1. The molecular weight excluding hydrogens is 739 g/mol. The third kappa shape index (κ3) is 26.5. The summed E-state index contributed by atoms with van der Waals surface area (Å²) in [6.45, 7) is 4.18. The van der Waals surface area contributed by atoms with E-state index in [4.69, 9.17) is 18.5 Å². The van der Waals surface area contributed by atoms with Crippen LogP contribution < -0.4 is 0 Å². The summed E-state index contributed by atoms with van der Waals surface area (Å²) in [6, 6.07) is 0. The van der Waals surface area contributed by atoms with Crippen molar-refractivity contribution < 1.29 is 58.3 Å². The Morgan fingerprint density at radius 3 is 1.55 bits per heavy atom. The number of hydrogen-bond donors (Lipinski definition) is 6. The second-order valence-corrected chi connectivity index (χ2v) is 16.6. The van der Waals surface area contributed by atoms with Crippen molar-refractivity contribution >= 4 is 13.8 Å². The molecule has 12 nitrogen and oxygen atoms in total. The molecule has 0 saturated heterocycles. The number of allylic oxidation sites excluding steroid dienone is 6. The molecule has 13 heteroatoms. The van der Waals surface area contributed by atoms with Crippen LogP contribution in [0.5, 0.6) is 0 Å². The van der Waals surface area contributed by atoms with Crippen LogP contribution in [0, 0.1) is 0 Å². The maximum Gasteiger partial charge on any atom is 0.472 e. The first-order valence-electron chi connectivity index (χ1n) is 21.8. The lowest BCUT2D eigenvalue weighted by Crippen LogP contribution is -2.64. The quantitative estimate of drug-likeness (QED) is 0.0154. The number of ether oxygens (including phenoxy) is 2. The monoisotopic (exact) mass is 819 g/mol. The van der Waals surface area contributed by atoms with Gasteiger partial charge in [-0.1, -0.05) is 127 Å². The highest BCUT2D eigenvalue weighted by Gasteiger charge is 2.51. The van der Waals surface area contributed by atoms with Gasteiger partial charge in [-0.15, -0.1) is 0 Å². The first kappa shape index (κ1) is 52.6. The van der Waals surface area contributed by atoms with Crippen LogP contribution in [0.15, 0.2) is 36.5 Å². The Morgan fingerprint density at radius 2 is 1.00 bits per heavy atom. The van der Waals surface area contributed by atoms with Crippen molar-refractivity contribution in [3.05, 3.63) is 36.5 Å². The zero-order valence-electron chi connectivity index (χ0n) is 34.7. The van der Waals surface area contributed by atoms with E-state index < -0.39 is 63.1 Å². The standard InChI is InChI=1S/C43H79O12P/c1-3-5-7-9-11-13-15-17-18-19-20-22-24-26-28-30-32-37(44)54-36(34-52-33-31-29-27-25-23-21-16-14-12-10-8-6-4-2)35-53-56(50,51)55-43-41(48)39(46)38(45)40(47)42(43)49/h12-15,18-19,36,38-43,45-49H,3-11,16-17,20-35H2,1-2H3,(H,50,51)/b14-12-,15-13-,19-18-. The van der Waals surface area contributed by atoms with E-state index in [1.807, 2.05) is 0 Å². The van der Waals surface area contributed by atoms with Gasteiger partial charge < -0.3 is 39.9 Å². The molecule has 0 bridgehead atoms. The Morgan fingerprint density at radius 1 is 0.571 bits per heavy atom. The minimum Gasteiger partial charge on any atom is -0.457 e. The average molecular weight is 819 g/mol. The van der Waals surface area contributed by atoms with Gasteiger partial charge in [0, 0.05) is 13.0 Å². The second kappa shape index (κ2) is 34.4. The molecule has 1 aliphatic carbocycles. The molecule has 0 amide bonds. The molecule has 0 aromatic rings. The molecule has 6 N–H and O–H groups in total. The Balaban J connectivity index is 2.44. The molecule has 1 fully saturated rings. The van der Waals surface area contributed by atoms with E-state index >= 15 is 0 Å². The number of hydrogen-bond acceptors (Lipinski definition) is 11. The Bertz CT molecular complexity index is 1070. The number of phosphoric acid groups is 1. The number of esters is 1. The summed E-state index contributed by atoms with van der Waals surface area (Å²) >= 11 is 0. The van der Waals surface area contributed by atoms with Crippen LogP contribution in [-0.2, 0) is 27.9 Å². The molecule has 0 aromatic heterocycles. The molecule has 1 saturated carbocycles. The lowest BCUT2D eigenvalue weighted by atomic mass is 9.85. The lowest BCUT2D eigenvalue weighted by Gasteiger charge is -2.41. The van der Waals surface area contributed by atoms with Crippen LogP contribution in [0.4, 0.5) is 0 Å². The van der Waals surface area contributed by atoms with Gasteiger partial charge in [0.2, 0.25) is 0 Å². The minimum atomic E-state index is -5.02. The van der Waals surface area contributed by atoms with Crippen LogP contribution >= 0.6 is 7.82 Å². The number of rotatable bonds is 36. The molecule has 0 heterocycles. The summed E-state index contributed by atoms with van der Waals surface area (Å²) in [4.78, 5) is 23.1. The lowest BCUT2D eigenvalue weighted by molar-refractivity contribution is -0.220. The van der Waals surface area contributed by atoms with Gasteiger partial charge in [-0.2, -0.15) is 0 Å². The SMILES string of the molecule is CCCCC/C=C\CCCCCCCCOCC(COP(=O)(O)OC1C(O)C(O)C(O)C(O)C1O)OC(=O)CCCCCCC/C=C\C/C=C\CCCCCC. The number of aliphatic hydroxyl groups excluding tert-OH is 5. The van der Waals surface area contributed by atoms with Gasteiger partial charge in [0.05, 0.1) is 13.2 Å². The highest BCUT2D eigenvalue weighted by Crippen LogP contribution is 2.47. The first-order valence-corrected chi connectivity index (χ1v) is 23.3. The van der Waals surface area contributed by atoms with E-state index in [1.165, 1.54) is 64.2 Å². The molecule has 6 atom stereocenters.